The first kappa shape index (κ1) is 85.3. The van der Waals surface area contributed by atoms with Gasteiger partial charge in [0.15, 0.2) is 5.82 Å². The van der Waals surface area contributed by atoms with Crippen molar-refractivity contribution >= 4 is 69.0 Å². The number of imidazole rings is 1. The molecule has 0 bridgehead atoms. The highest BCUT2D eigenvalue weighted by Crippen LogP contribution is 2.18. The van der Waals surface area contributed by atoms with Crippen molar-refractivity contribution in [2.24, 2.45) is 17.6 Å². The molecule has 2 heterocycles. The molecular weight excluding hydrogens is 1240 g/mol. The van der Waals surface area contributed by atoms with Crippen LogP contribution in [0.15, 0.2) is 12.5 Å². The number of aromatic nitrogens is 6. The minimum atomic E-state index is -3.67. The lowest BCUT2D eigenvalue weighted by Crippen LogP contribution is -2.42. The standard InChI is InChI=1S/C39H64N6O12.C26H50N6O4S/c1-2-3-4-5-6-7-11-31(46)24-29(38(52)53)12-16-35(49)45-33(39(54)55)15-17-34(48)43-19-20-56-21-22-57-26-36(50)42-18-9-8-10-28(37(40)51)23-32(47)14-13-30-25-41-27-44-30;1-2-3-17-22-27-25(33)21-18-23-37(35,36)30-26(34)20-16-14-12-10-8-6-4-5-7-9-11-13-15-19-24-28-31-32-29-24/h25,27-29,33H,2-24,26H2,1H3,(H2,40,51)(H,41,44)(H,42,50)(H,43,48)(H,45,49)(H,52,53)(H,54,55);2-23H2,1H3,(H,27,33)(H,30,34)(H,28,29,31,32)/t28-,29?,33+;/m1./s1. The first-order chi connectivity index (χ1) is 45.2. The Morgan fingerprint density at radius 3 is 1.68 bits per heavy atom. The smallest absolute Gasteiger partial charge is 0.326 e. The topological polar surface area (TPSA) is 433 Å². The number of nitrogens with one attached hydrogen (secondary N) is 7. The van der Waals surface area contributed by atoms with Crippen LogP contribution in [0.4, 0.5) is 0 Å². The van der Waals surface area contributed by atoms with E-state index in [2.05, 4.69) is 70.4 Å². The number of aryl methyl sites for hydroxylation is 2. The summed E-state index contributed by atoms with van der Waals surface area (Å²) in [7, 11) is -3.67. The zero-order chi connectivity index (χ0) is 69.3. The second kappa shape index (κ2) is 56.6. The predicted octanol–water partition coefficient (Wildman–Crippen LogP) is 7.12. The number of nitrogens with two attached hydrogens (primary N) is 1. The van der Waals surface area contributed by atoms with Crippen LogP contribution in [0.25, 0.3) is 0 Å². The van der Waals surface area contributed by atoms with Gasteiger partial charge in [-0.05, 0) is 64.2 Å². The molecule has 0 spiro atoms. The molecule has 2 aromatic heterocycles. The number of carbonyl (C=O) groups excluding carboxylic acids is 8. The third kappa shape index (κ3) is 50.7. The first-order valence-electron chi connectivity index (χ1n) is 34.5. The van der Waals surface area contributed by atoms with Crippen LogP contribution in [0.1, 0.15) is 257 Å². The number of Topliss-reactive ketones (excluding diaryl/α,β-unsaturated/α-hetero) is 2. The van der Waals surface area contributed by atoms with E-state index < -0.39 is 63.5 Å². The normalized spacial score (nSPS) is 12.1. The van der Waals surface area contributed by atoms with Crippen molar-refractivity contribution in [2.75, 3.05) is 51.8 Å². The number of unbranched alkanes of at least 4 members (excludes halogenated alkanes) is 20. The Morgan fingerprint density at radius 1 is 0.532 bits per heavy atom. The number of amides is 6. The summed E-state index contributed by atoms with van der Waals surface area (Å²) in [5, 5.41) is 43.4. The second-order valence-electron chi connectivity index (χ2n) is 24.0. The Labute approximate surface area is 556 Å². The molecule has 0 radical (unpaired) electrons. The average Bonchev–Trinajstić information content (AvgIpc) is 2.69. The molecule has 2 aromatic rings. The minimum absolute atomic E-state index is 0.0497. The first-order valence-corrected chi connectivity index (χ1v) is 36.2. The summed E-state index contributed by atoms with van der Waals surface area (Å²) in [5.74, 6) is -6.32. The van der Waals surface area contributed by atoms with E-state index in [1.807, 2.05) is 0 Å². The summed E-state index contributed by atoms with van der Waals surface area (Å²) in [6.07, 6.45) is 30.8. The number of hydrogen-bond donors (Lipinski definition) is 10. The Bertz CT molecular complexity index is 2510. The summed E-state index contributed by atoms with van der Waals surface area (Å²) in [5.41, 5.74) is 6.32. The van der Waals surface area contributed by atoms with E-state index in [-0.39, 0.29) is 120 Å². The molecule has 0 aliphatic carbocycles. The van der Waals surface area contributed by atoms with Gasteiger partial charge in [0.1, 0.15) is 24.2 Å². The molecule has 536 valence electrons. The third-order valence-corrected chi connectivity index (χ3v) is 17.0. The van der Waals surface area contributed by atoms with Crippen molar-refractivity contribution in [3.05, 3.63) is 24.0 Å². The SMILES string of the molecule is CCCCCCCCC(=O)CC(CCC(=O)N[C@@H](CCC(=O)NCCOCCOCC(=O)NCCCC[C@H](CC(=O)CCc1cnc[nH]1)C(N)=O)C(=O)O)C(=O)O.CCCCCNC(=O)CCCS(=O)(=O)NC(=O)CCCCCCCCCCCCCCCc1nn[nH]n1. The number of ketones is 2. The summed E-state index contributed by atoms with van der Waals surface area (Å²) >= 11 is 0. The quantitative estimate of drug-likeness (QED) is 0.0295. The largest absolute Gasteiger partial charge is 0.481 e. The molecule has 29 heteroatoms. The van der Waals surface area contributed by atoms with Crippen molar-refractivity contribution in [3.8, 4) is 0 Å². The lowest BCUT2D eigenvalue weighted by atomic mass is 9.94. The van der Waals surface area contributed by atoms with Gasteiger partial charge >= 0.3 is 11.9 Å². The van der Waals surface area contributed by atoms with Crippen LogP contribution in [-0.4, -0.2) is 166 Å². The van der Waals surface area contributed by atoms with Gasteiger partial charge in [0.05, 0.1) is 37.8 Å². The molecule has 0 fully saturated rings. The third-order valence-electron chi connectivity index (χ3n) is 15.6. The van der Waals surface area contributed by atoms with Crippen LogP contribution < -0.4 is 31.7 Å². The van der Waals surface area contributed by atoms with Crippen LogP contribution in [-0.2, 0) is 80.3 Å². The van der Waals surface area contributed by atoms with E-state index in [0.717, 1.165) is 95.0 Å². The molecule has 28 nitrogen and oxygen atoms in total. The van der Waals surface area contributed by atoms with E-state index in [9.17, 15) is 66.6 Å². The van der Waals surface area contributed by atoms with Gasteiger partial charge < -0.3 is 51.7 Å². The molecule has 1 unspecified atom stereocenters. The van der Waals surface area contributed by atoms with Crippen molar-refractivity contribution in [1.82, 2.24) is 56.6 Å². The van der Waals surface area contributed by atoms with Crippen LogP contribution in [0.5, 0.6) is 0 Å². The number of primary amides is 1. The number of tetrazole rings is 1. The number of aromatic amines is 2. The van der Waals surface area contributed by atoms with Crippen molar-refractivity contribution in [3.63, 3.8) is 0 Å². The maximum Gasteiger partial charge on any atom is 0.326 e. The lowest BCUT2D eigenvalue weighted by Gasteiger charge is -2.16. The molecule has 3 atom stereocenters. The van der Waals surface area contributed by atoms with Crippen molar-refractivity contribution in [1.29, 1.82) is 0 Å². The molecule has 0 aromatic carbocycles. The average molecular weight is 1350 g/mol. The molecule has 0 aliphatic rings. The Kier molecular flexibility index (Phi) is 51.3. The zero-order valence-corrected chi connectivity index (χ0v) is 57.1. The molecule has 94 heavy (non-hydrogen) atoms. The second-order valence-corrected chi connectivity index (χ2v) is 25.9. The van der Waals surface area contributed by atoms with E-state index in [1.54, 1.807) is 6.20 Å². The highest BCUT2D eigenvalue weighted by Gasteiger charge is 2.26. The minimum Gasteiger partial charge on any atom is -0.481 e. The molecule has 0 aliphatic heterocycles. The van der Waals surface area contributed by atoms with Crippen LogP contribution in [0.3, 0.4) is 0 Å². The highest BCUT2D eigenvalue weighted by molar-refractivity contribution is 7.90. The van der Waals surface area contributed by atoms with Crippen LogP contribution in [0.2, 0.25) is 0 Å². The number of carbonyl (C=O) groups is 10. The number of carboxylic acid groups (broad SMARTS) is 2. The molecule has 2 rings (SSSR count). The van der Waals surface area contributed by atoms with Gasteiger partial charge in [-0.25, -0.2) is 18.2 Å². The highest BCUT2D eigenvalue weighted by atomic mass is 32.2. The number of H-pyrrole nitrogens is 2. The maximum absolute atomic E-state index is 12.4. The Balaban J connectivity index is 0.00000103. The van der Waals surface area contributed by atoms with Gasteiger partial charge in [0.25, 0.3) is 0 Å². The van der Waals surface area contributed by atoms with E-state index in [4.69, 9.17) is 15.2 Å². The Hall–Kier alpha value is -6.75. The van der Waals surface area contributed by atoms with E-state index in [1.165, 1.54) is 57.7 Å². The fraction of sp³-hybridized carbons (Fsp3) is 0.785. The number of aliphatic carboxylic acids is 2. The summed E-state index contributed by atoms with van der Waals surface area (Å²) in [4.78, 5) is 127. The number of nitrogens with zero attached hydrogens (tertiary/aromatic N) is 4. The molecule has 11 N–H and O–H groups in total. The van der Waals surface area contributed by atoms with E-state index in [0.29, 0.717) is 64.5 Å². The van der Waals surface area contributed by atoms with Gasteiger partial charge in [-0.15, -0.1) is 10.2 Å². The van der Waals surface area contributed by atoms with Crippen LogP contribution >= 0.6 is 0 Å². The monoisotopic (exact) mass is 1350 g/mol. The fourth-order valence-electron chi connectivity index (χ4n) is 10.0. The number of carboxylic acids is 2. The molecule has 0 saturated carbocycles. The molecular formula is C65H114N12O16S. The summed E-state index contributed by atoms with van der Waals surface area (Å²) in [6.45, 7) is 5.56. The number of ether oxygens (including phenoxy) is 2. The van der Waals surface area contributed by atoms with Gasteiger partial charge in [0, 0.05) is 95.2 Å². The zero-order valence-electron chi connectivity index (χ0n) is 56.3. The van der Waals surface area contributed by atoms with Gasteiger partial charge in [-0.2, -0.15) is 5.21 Å². The van der Waals surface area contributed by atoms with Gasteiger partial charge in [0.2, 0.25) is 45.5 Å². The molecule has 0 saturated heterocycles. The van der Waals surface area contributed by atoms with E-state index >= 15 is 0 Å². The number of rotatable bonds is 62. The van der Waals surface area contributed by atoms with Crippen LogP contribution in [0, 0.1) is 11.8 Å². The lowest BCUT2D eigenvalue weighted by molar-refractivity contribution is -0.145. The number of sulfonamides is 1. The van der Waals surface area contributed by atoms with Gasteiger partial charge in [-0.3, -0.25) is 47.9 Å². The fourth-order valence-corrected chi connectivity index (χ4v) is 11.1. The van der Waals surface area contributed by atoms with Crippen molar-refractivity contribution in [2.45, 2.75) is 264 Å². The predicted molar refractivity (Wildman–Crippen MR) is 354 cm³/mol. The Morgan fingerprint density at radius 2 is 1.07 bits per heavy atom. The molecule has 6 amide bonds. The maximum atomic E-state index is 12.4. The van der Waals surface area contributed by atoms with Gasteiger partial charge in [-0.1, -0.05) is 141 Å². The van der Waals surface area contributed by atoms with Crippen molar-refractivity contribution < 1.29 is 76.0 Å². The number of hydrogen-bond acceptors (Lipinski definition) is 18. The summed E-state index contributed by atoms with van der Waals surface area (Å²) in [6, 6.07) is -1.35. The summed E-state index contributed by atoms with van der Waals surface area (Å²) < 4.78 is 36.9.